The van der Waals surface area contributed by atoms with Crippen LogP contribution in [-0.2, 0) is 80.6 Å². The fourth-order valence-electron chi connectivity index (χ4n) is 21.8. The molecule has 40 nitrogen and oxygen atoms in total. The zero-order valence-corrected chi connectivity index (χ0v) is 65.7. The predicted octanol–water partition coefficient (Wildman–Crippen LogP) is -8.82. The minimum Gasteiger partial charge on any atom is -0.432 e. The van der Waals surface area contributed by atoms with Crippen molar-refractivity contribution in [2.24, 2.45) is 50.2 Å². The Labute approximate surface area is 662 Å². The number of aliphatic hydroxyl groups excluding tert-OH is 22. The zero-order valence-electron chi connectivity index (χ0n) is 65.7. The maximum atomic E-state index is 15.9. The third-order valence-corrected chi connectivity index (χ3v) is 28.7. The van der Waals surface area contributed by atoms with Gasteiger partial charge in [0.2, 0.25) is 6.29 Å². The van der Waals surface area contributed by atoms with Crippen LogP contribution in [-0.4, -0.2) is 408 Å². The molecule has 12 fully saturated rings. The lowest BCUT2D eigenvalue weighted by atomic mass is 9.32. The topological polar surface area (TPSA) is 630 Å². The number of rotatable bonds is 19. The van der Waals surface area contributed by atoms with Crippen LogP contribution in [0.15, 0.2) is 11.6 Å². The maximum Gasteiger partial charge on any atom is 0.317 e. The van der Waals surface area contributed by atoms with Gasteiger partial charge in [-0.25, -0.2) is 0 Å². The first kappa shape index (κ1) is 90.4. The molecule has 40 heteroatoms. The number of ether oxygens (including phenoxy) is 16. The standard InChI is InChI=1S/C75H122O40/c1-25-38(84)42(88)45(91)61(103-25)109-52-34(82)21-100-60(48(52)94)108-51-28(4)106-64(49(95)54(51)111-62-46(92)43(89)39(85)26(2)104-62)113-56-41(87)33(81)20-101-66(56)115-68(98)75-14-13-69(5,6)15-30(75)29-11-12-36-70(7)16-32(80)59(71(8,22-77)57(70)31(79)17-73(36,10)72(29,9)18-37(75)83)114-65-50(96)55(112-63-47(93)44(90)40(86)27(3)105-63)53(35(19-76)107-65)110-67-58(97)74(99,23-78)24-102-67/h11,25-28,30-67,76-97,99H,12-24H2,1-10H3/t25-,26-,27-,28-,30-,31+,32-,33+,34+,35+,36+,37+,38-,39-,40-,41-,42+,43+,44+,45+,46+,47+,48+,49+,50+,51-,52-,53+,54-,55+,56+,57+,58-,59-,60-,61-,62-,63-,64-,65-,66-,67-,70+,71-,72+,73+,74+,75+/m0/s1. The lowest BCUT2D eigenvalue weighted by Gasteiger charge is -2.73. The predicted molar refractivity (Wildman–Crippen MR) is 375 cm³/mol. The van der Waals surface area contributed by atoms with Crippen LogP contribution in [0.25, 0.3) is 0 Å². The Kier molecular flexibility index (Phi) is 26.4. The van der Waals surface area contributed by atoms with E-state index in [0.717, 1.165) is 5.57 Å². The van der Waals surface area contributed by atoms with Gasteiger partial charge in [-0.1, -0.05) is 53.2 Å². The van der Waals surface area contributed by atoms with E-state index in [-0.39, 0.29) is 32.1 Å². The first-order valence-electron chi connectivity index (χ1n) is 39.9. The van der Waals surface area contributed by atoms with Gasteiger partial charge in [0.25, 0.3) is 0 Å². The van der Waals surface area contributed by atoms with Gasteiger partial charge in [0.1, 0.15) is 145 Å². The zero-order chi connectivity index (χ0) is 84.1. The summed E-state index contributed by atoms with van der Waals surface area (Å²) in [4.78, 5) is 15.9. The van der Waals surface area contributed by atoms with E-state index in [1.165, 1.54) is 27.7 Å². The summed E-state index contributed by atoms with van der Waals surface area (Å²) in [5.41, 5.74) is -8.54. The first-order chi connectivity index (χ1) is 53.8. The Hall–Kier alpha value is -2.31. The van der Waals surface area contributed by atoms with Crippen LogP contribution in [0.1, 0.15) is 114 Å². The Morgan fingerprint density at radius 2 is 0.930 bits per heavy atom. The summed E-state index contributed by atoms with van der Waals surface area (Å²) < 4.78 is 96.7. The molecule has 8 aliphatic heterocycles. The van der Waals surface area contributed by atoms with Gasteiger partial charge >= 0.3 is 5.97 Å². The van der Waals surface area contributed by atoms with Crippen molar-refractivity contribution in [2.75, 3.05) is 39.6 Å². The SMILES string of the molecule is C[C@@H]1O[C@@H](O[C@@H]2[C@@H](O)[C@H](O[C@H]3[C@@H](O)C[C@@]4(C)[C@@H]([C@H](O)C[C@]5(C)[C@@H]4CC=C4[C@@H]6CC(C)(C)CC[C@]6(C(=O)O[C@@H]6OC[C@@H](O)[C@H](O)[C@H]6O[C@@H]6O[C@@H](C)[C@H](O[C@@H]7OC[C@@H](O)[C@H](O[C@@H]8O[C@@H](C)[C@H](O)[C@@H](O)[C@H]8O)[C@H]7O)[C@@H](O[C@@H]7O[C@@H](C)[C@H](O)[C@@H](O)[C@H]7O)[C@H]6O)[C@H](O)C[C@]45C)[C@]3(C)CO)O[C@H](CO)[C@H]2O[C@@H]2OC[C@](O)(CO)[C@H]2O)[C@H](O)[C@H](O)[C@H]1O. The van der Waals surface area contributed by atoms with Crippen molar-refractivity contribution in [3.63, 3.8) is 0 Å². The van der Waals surface area contributed by atoms with Gasteiger partial charge in [-0.05, 0) is 106 Å². The molecule has 0 unspecified atom stereocenters. The molecule has 0 radical (unpaired) electrons. The molecule has 0 aromatic carbocycles. The van der Waals surface area contributed by atoms with E-state index >= 15 is 4.79 Å². The van der Waals surface area contributed by atoms with Gasteiger partial charge in [0.15, 0.2) is 50.1 Å². The molecule has 23 N–H and O–H groups in total. The van der Waals surface area contributed by atoms with E-state index in [9.17, 15) is 117 Å². The highest BCUT2D eigenvalue weighted by Crippen LogP contribution is 2.76. The number of hydrogen-bond acceptors (Lipinski definition) is 40. The Morgan fingerprint density at radius 3 is 1.48 bits per heavy atom. The maximum absolute atomic E-state index is 15.9. The molecular formula is C75H122O40. The third-order valence-electron chi connectivity index (χ3n) is 28.7. The summed E-state index contributed by atoms with van der Waals surface area (Å²) in [5, 5.41) is 262. The highest BCUT2D eigenvalue weighted by atomic mass is 16.8. The smallest absolute Gasteiger partial charge is 0.317 e. The third kappa shape index (κ3) is 15.5. The van der Waals surface area contributed by atoms with E-state index in [2.05, 4.69) is 0 Å². The summed E-state index contributed by atoms with van der Waals surface area (Å²) in [5.74, 6) is -3.22. The Bertz CT molecular complexity index is 3350. The van der Waals surface area contributed by atoms with Crippen molar-refractivity contribution in [3.05, 3.63) is 11.6 Å². The summed E-state index contributed by atoms with van der Waals surface area (Å²) >= 11 is 0. The van der Waals surface area contributed by atoms with E-state index < -0.39 is 341 Å². The Balaban J connectivity index is 0.751. The molecule has 4 saturated carbocycles. The lowest BCUT2D eigenvalue weighted by Crippen LogP contribution is -2.73. The quantitative estimate of drug-likeness (QED) is 0.0324. The van der Waals surface area contributed by atoms with E-state index in [0.29, 0.717) is 12.8 Å². The molecule has 0 amide bonds. The second-order valence-electron chi connectivity index (χ2n) is 36.5. The fraction of sp³-hybridized carbons (Fsp3) is 0.960. The van der Waals surface area contributed by atoms with Crippen LogP contribution in [0.5, 0.6) is 0 Å². The number of fused-ring (bicyclic) bond motifs is 7. The molecule has 13 aliphatic rings. The van der Waals surface area contributed by atoms with Gasteiger partial charge in [-0.2, -0.15) is 0 Å². The van der Waals surface area contributed by atoms with Gasteiger partial charge in [-0.3, -0.25) is 4.79 Å². The summed E-state index contributed by atoms with van der Waals surface area (Å²) in [6.45, 7) is 12.5. The molecule has 0 spiro atoms. The number of carbonyl (C=O) groups excluding carboxylic acids is 1. The molecule has 13 rings (SSSR count). The van der Waals surface area contributed by atoms with Crippen molar-refractivity contribution in [3.8, 4) is 0 Å². The van der Waals surface area contributed by atoms with Crippen molar-refractivity contribution < 1.29 is 198 Å². The van der Waals surface area contributed by atoms with Crippen LogP contribution in [0.2, 0.25) is 0 Å². The molecular weight excluding hydrogens is 1540 g/mol. The molecule has 8 heterocycles. The lowest BCUT2D eigenvalue weighted by molar-refractivity contribution is -0.395. The van der Waals surface area contributed by atoms with Crippen molar-refractivity contribution in [1.29, 1.82) is 0 Å². The molecule has 48 atom stereocenters. The van der Waals surface area contributed by atoms with Crippen LogP contribution in [0.4, 0.5) is 0 Å². The highest BCUT2D eigenvalue weighted by molar-refractivity contribution is 5.80. The summed E-state index contributed by atoms with van der Waals surface area (Å²) in [6, 6.07) is 0. The summed E-state index contributed by atoms with van der Waals surface area (Å²) in [6.07, 6.45) is -64.7. The van der Waals surface area contributed by atoms with Gasteiger partial charge < -0.3 is 193 Å². The van der Waals surface area contributed by atoms with Crippen molar-refractivity contribution in [1.82, 2.24) is 0 Å². The normalized spacial score (nSPS) is 56.7. The molecule has 0 aromatic rings. The van der Waals surface area contributed by atoms with E-state index in [1.807, 2.05) is 40.7 Å². The second kappa shape index (κ2) is 33.6. The second-order valence-corrected chi connectivity index (χ2v) is 36.5. The first-order valence-corrected chi connectivity index (χ1v) is 39.9. The van der Waals surface area contributed by atoms with E-state index in [4.69, 9.17) is 75.8 Å². The van der Waals surface area contributed by atoms with Crippen molar-refractivity contribution >= 4 is 5.97 Å². The Morgan fingerprint density at radius 1 is 0.443 bits per heavy atom. The fourth-order valence-corrected chi connectivity index (χ4v) is 21.8. The molecule has 115 heavy (non-hydrogen) atoms. The van der Waals surface area contributed by atoms with Crippen LogP contribution in [0.3, 0.4) is 0 Å². The molecule has 5 aliphatic carbocycles. The molecule has 8 saturated heterocycles. The van der Waals surface area contributed by atoms with Crippen LogP contribution >= 0.6 is 0 Å². The van der Waals surface area contributed by atoms with Gasteiger partial charge in [0.05, 0.1) is 88.5 Å². The van der Waals surface area contributed by atoms with Crippen molar-refractivity contribution in [2.45, 2.75) is 359 Å². The number of allylic oxidation sites excluding steroid dienone is 2. The monoisotopic (exact) mass is 1660 g/mol. The molecule has 0 aromatic heterocycles. The summed E-state index contributed by atoms with van der Waals surface area (Å²) in [7, 11) is 0. The number of carbonyl (C=O) groups is 1. The van der Waals surface area contributed by atoms with Crippen LogP contribution in [0, 0.1) is 50.2 Å². The number of hydrogen-bond donors (Lipinski definition) is 23. The average Bonchev–Trinajstić information content (AvgIpc) is 0.766. The van der Waals surface area contributed by atoms with Crippen LogP contribution < -0.4 is 0 Å². The number of esters is 1. The number of aliphatic hydroxyl groups is 23. The van der Waals surface area contributed by atoms with Gasteiger partial charge in [-0.15, -0.1) is 0 Å². The molecule has 662 valence electrons. The molecule has 0 bridgehead atoms. The minimum atomic E-state index is -2.22. The van der Waals surface area contributed by atoms with Gasteiger partial charge in [0, 0.05) is 11.3 Å². The highest BCUT2D eigenvalue weighted by Gasteiger charge is 2.75. The minimum absolute atomic E-state index is 0.00850. The largest absolute Gasteiger partial charge is 0.432 e. The van der Waals surface area contributed by atoms with E-state index in [1.54, 1.807) is 6.92 Å². The average molecular weight is 1660 g/mol.